The second kappa shape index (κ2) is 8.64. The molecule has 2 aromatic carbocycles. The highest BCUT2D eigenvalue weighted by Gasteiger charge is 2.27. The number of carbonyl (C=O) groups is 2. The summed E-state index contributed by atoms with van der Waals surface area (Å²) in [7, 11) is 0. The van der Waals surface area contributed by atoms with Gasteiger partial charge >= 0.3 is 5.97 Å². The van der Waals surface area contributed by atoms with Crippen LogP contribution < -0.4 is 15.4 Å². The lowest BCUT2D eigenvalue weighted by Gasteiger charge is -2.12. The summed E-state index contributed by atoms with van der Waals surface area (Å²) in [6, 6.07) is 15.1. The van der Waals surface area contributed by atoms with Crippen LogP contribution in [0.1, 0.15) is 18.1 Å². The molecule has 1 aliphatic heterocycles. The van der Waals surface area contributed by atoms with E-state index in [1.807, 2.05) is 12.1 Å². The fraction of sp³-hybridized carbons (Fsp3) is 0.200. The number of ether oxygens (including phenoxy) is 1. The molecule has 0 bridgehead atoms. The summed E-state index contributed by atoms with van der Waals surface area (Å²) in [5.74, 6) is -0.685. The predicted octanol–water partition coefficient (Wildman–Crippen LogP) is 3.31. The van der Waals surface area contributed by atoms with Crippen molar-refractivity contribution < 1.29 is 19.4 Å². The average molecular weight is 384 g/mol. The van der Waals surface area contributed by atoms with Crippen LogP contribution in [0.2, 0.25) is 0 Å². The first-order chi connectivity index (χ1) is 13.0. The van der Waals surface area contributed by atoms with Crippen LogP contribution in [0.4, 0.5) is 5.69 Å². The number of aliphatic carboxylic acids is 1. The quantitative estimate of drug-likeness (QED) is 0.635. The van der Waals surface area contributed by atoms with E-state index in [0.29, 0.717) is 10.7 Å². The number of carboxylic acid groups (broad SMARTS) is 1. The molecule has 3 rings (SSSR count). The third-order valence-electron chi connectivity index (χ3n) is 3.93. The number of hydrogen-bond donors (Lipinski definition) is 3. The molecule has 1 fully saturated rings. The van der Waals surface area contributed by atoms with E-state index in [1.54, 1.807) is 30.3 Å². The Morgan fingerprint density at radius 1 is 1.22 bits per heavy atom. The number of nitrogens with one attached hydrogen (secondary N) is 2. The van der Waals surface area contributed by atoms with E-state index in [-0.39, 0.29) is 18.0 Å². The molecule has 0 saturated carbocycles. The van der Waals surface area contributed by atoms with E-state index < -0.39 is 5.97 Å². The van der Waals surface area contributed by atoms with Gasteiger partial charge in [0.2, 0.25) is 0 Å². The van der Waals surface area contributed by atoms with E-state index in [1.165, 1.54) is 17.3 Å². The van der Waals surface area contributed by atoms with Crippen molar-refractivity contribution in [2.45, 2.75) is 18.8 Å². The molecule has 1 amide bonds. The van der Waals surface area contributed by atoms with Crippen molar-refractivity contribution in [2.75, 3.05) is 11.9 Å². The van der Waals surface area contributed by atoms with E-state index in [0.717, 1.165) is 17.7 Å². The minimum atomic E-state index is -1.02. The number of benzene rings is 2. The van der Waals surface area contributed by atoms with Crippen molar-refractivity contribution in [3.8, 4) is 5.75 Å². The third kappa shape index (κ3) is 5.27. The number of anilines is 1. The molecular weight excluding hydrogens is 364 g/mol. The van der Waals surface area contributed by atoms with Gasteiger partial charge in [-0.1, -0.05) is 43.0 Å². The summed E-state index contributed by atoms with van der Waals surface area (Å²) in [5.41, 5.74) is 2.82. The molecule has 0 aromatic heterocycles. The maximum atomic E-state index is 12.2. The Bertz CT molecular complexity index is 847. The van der Waals surface area contributed by atoms with Gasteiger partial charge in [0.05, 0.1) is 4.91 Å². The van der Waals surface area contributed by atoms with Gasteiger partial charge in [-0.05, 0) is 47.9 Å². The molecule has 0 aliphatic carbocycles. The van der Waals surface area contributed by atoms with Crippen LogP contribution in [0.15, 0.2) is 53.4 Å². The molecule has 2 aromatic rings. The van der Waals surface area contributed by atoms with E-state index in [9.17, 15) is 9.59 Å². The van der Waals surface area contributed by atoms with Crippen molar-refractivity contribution in [1.82, 2.24) is 5.32 Å². The highest BCUT2D eigenvalue weighted by molar-refractivity contribution is 8.05. The molecule has 6 nitrogen and oxygen atoms in total. The molecule has 0 unspecified atom stereocenters. The van der Waals surface area contributed by atoms with Crippen molar-refractivity contribution in [2.24, 2.45) is 0 Å². The smallest absolute Gasteiger partial charge is 0.341 e. The van der Waals surface area contributed by atoms with Crippen molar-refractivity contribution in [3.63, 3.8) is 0 Å². The highest BCUT2D eigenvalue weighted by atomic mass is 32.2. The Morgan fingerprint density at radius 2 is 1.93 bits per heavy atom. The molecule has 1 saturated heterocycles. The average Bonchev–Trinajstić information content (AvgIpc) is 3.00. The zero-order valence-electron chi connectivity index (χ0n) is 14.8. The van der Waals surface area contributed by atoms with Crippen LogP contribution in [-0.4, -0.2) is 29.1 Å². The first-order valence-corrected chi connectivity index (χ1v) is 9.41. The van der Waals surface area contributed by atoms with Gasteiger partial charge in [0.1, 0.15) is 5.75 Å². The van der Waals surface area contributed by atoms with Gasteiger partial charge < -0.3 is 20.5 Å². The lowest BCUT2D eigenvalue weighted by Crippen LogP contribution is -2.30. The summed E-state index contributed by atoms with van der Waals surface area (Å²) in [6.07, 6.45) is 2.78. The fourth-order valence-electron chi connectivity index (χ4n) is 2.51. The largest absolute Gasteiger partial charge is 0.482 e. The summed E-state index contributed by atoms with van der Waals surface area (Å²) in [4.78, 5) is 23.3. The Labute approximate surface area is 161 Å². The van der Waals surface area contributed by atoms with Crippen LogP contribution in [0.5, 0.6) is 5.75 Å². The van der Waals surface area contributed by atoms with E-state index in [4.69, 9.17) is 9.84 Å². The monoisotopic (exact) mass is 384 g/mol. The number of hydrogen-bond acceptors (Lipinski definition) is 5. The SMILES string of the molecule is CCc1ccc(N[C@H]2NC(=O)/C(=C/c3ccc(OCC(=O)O)cc3)S2)cc1. The molecule has 0 radical (unpaired) electrons. The minimum absolute atomic E-state index is 0.131. The summed E-state index contributed by atoms with van der Waals surface area (Å²) >= 11 is 1.42. The van der Waals surface area contributed by atoms with Crippen molar-refractivity contribution in [3.05, 3.63) is 64.6 Å². The van der Waals surface area contributed by atoms with Gasteiger partial charge in [-0.25, -0.2) is 4.79 Å². The number of aryl methyl sites for hydroxylation is 1. The van der Waals surface area contributed by atoms with Crippen LogP contribution >= 0.6 is 11.8 Å². The summed E-state index contributed by atoms with van der Waals surface area (Å²) in [6.45, 7) is 1.72. The first kappa shape index (κ1) is 18.8. The van der Waals surface area contributed by atoms with E-state index >= 15 is 0 Å². The molecule has 1 aliphatic rings. The maximum Gasteiger partial charge on any atom is 0.341 e. The second-order valence-corrected chi connectivity index (χ2v) is 7.07. The number of rotatable bonds is 7. The van der Waals surface area contributed by atoms with Crippen LogP contribution in [0.3, 0.4) is 0 Å². The van der Waals surface area contributed by atoms with Gasteiger partial charge in [-0.3, -0.25) is 4.79 Å². The topological polar surface area (TPSA) is 87.7 Å². The van der Waals surface area contributed by atoms with Crippen molar-refractivity contribution in [1.29, 1.82) is 0 Å². The molecule has 3 N–H and O–H groups in total. The van der Waals surface area contributed by atoms with Gasteiger partial charge in [0.15, 0.2) is 12.1 Å². The minimum Gasteiger partial charge on any atom is -0.482 e. The number of thioether (sulfide) groups is 1. The Kier molecular flexibility index (Phi) is 6.03. The molecule has 0 spiro atoms. The lowest BCUT2D eigenvalue weighted by atomic mass is 10.1. The Morgan fingerprint density at radius 3 is 2.56 bits per heavy atom. The molecule has 27 heavy (non-hydrogen) atoms. The highest BCUT2D eigenvalue weighted by Crippen LogP contribution is 2.30. The fourth-order valence-corrected chi connectivity index (χ4v) is 3.50. The van der Waals surface area contributed by atoms with Gasteiger partial charge in [-0.15, -0.1) is 0 Å². The lowest BCUT2D eigenvalue weighted by molar-refractivity contribution is -0.139. The summed E-state index contributed by atoms with van der Waals surface area (Å²) < 4.78 is 5.10. The Hall–Kier alpha value is -2.93. The van der Waals surface area contributed by atoms with E-state index in [2.05, 4.69) is 29.7 Å². The zero-order valence-corrected chi connectivity index (χ0v) is 15.6. The molecular formula is C20H20N2O4S. The van der Waals surface area contributed by atoms with Gasteiger partial charge in [0, 0.05) is 5.69 Å². The standard InChI is InChI=1S/C20H20N2O4S/c1-2-13-3-7-15(8-4-13)21-20-22-19(25)17(27-20)11-14-5-9-16(10-6-14)26-12-18(23)24/h3-11,20-21H,2,12H2,1H3,(H,22,25)(H,23,24)/b17-11-/t20-/m0/s1. The normalized spacial score (nSPS) is 17.6. The molecule has 1 heterocycles. The Balaban J connectivity index is 1.61. The van der Waals surface area contributed by atoms with Gasteiger partial charge in [0.25, 0.3) is 5.91 Å². The van der Waals surface area contributed by atoms with Crippen LogP contribution in [0.25, 0.3) is 6.08 Å². The second-order valence-electron chi connectivity index (χ2n) is 5.93. The summed E-state index contributed by atoms with van der Waals surface area (Å²) in [5, 5.41) is 14.8. The van der Waals surface area contributed by atoms with Crippen LogP contribution in [0, 0.1) is 0 Å². The molecule has 1 atom stereocenters. The molecule has 7 heteroatoms. The first-order valence-electron chi connectivity index (χ1n) is 8.53. The number of carboxylic acids is 1. The van der Waals surface area contributed by atoms with Gasteiger partial charge in [-0.2, -0.15) is 0 Å². The predicted molar refractivity (Wildman–Crippen MR) is 107 cm³/mol. The number of amides is 1. The number of carbonyl (C=O) groups excluding carboxylic acids is 1. The maximum absolute atomic E-state index is 12.2. The van der Waals surface area contributed by atoms with Crippen molar-refractivity contribution >= 4 is 35.4 Å². The molecule has 140 valence electrons. The van der Waals surface area contributed by atoms with Crippen LogP contribution in [-0.2, 0) is 16.0 Å². The third-order valence-corrected chi connectivity index (χ3v) is 4.96. The zero-order chi connectivity index (χ0) is 19.2.